The first-order chi connectivity index (χ1) is 10.2. The summed E-state index contributed by atoms with van der Waals surface area (Å²) in [7, 11) is 2.02. The average Bonchev–Trinajstić information content (AvgIpc) is 2.98. The number of aromatic nitrogens is 2. The van der Waals surface area contributed by atoms with Gasteiger partial charge >= 0.3 is 0 Å². The van der Waals surface area contributed by atoms with E-state index in [-0.39, 0.29) is 0 Å². The van der Waals surface area contributed by atoms with Gasteiger partial charge in [-0.15, -0.1) is 0 Å². The van der Waals surface area contributed by atoms with Crippen molar-refractivity contribution >= 4 is 22.4 Å². The van der Waals surface area contributed by atoms with Crippen molar-refractivity contribution < 1.29 is 4.63 Å². The highest BCUT2D eigenvalue weighted by Gasteiger charge is 2.13. The summed E-state index contributed by atoms with van der Waals surface area (Å²) in [4.78, 5) is 2.12. The highest BCUT2D eigenvalue weighted by Crippen LogP contribution is 2.28. The molecule has 0 bridgehead atoms. The van der Waals surface area contributed by atoms with Crippen LogP contribution in [0.25, 0.3) is 11.0 Å². The molecule has 0 spiro atoms. The number of nitrogens with two attached hydrogens (primary N) is 1. The second-order valence-corrected chi connectivity index (χ2v) is 5.16. The predicted molar refractivity (Wildman–Crippen MR) is 84.1 cm³/mol. The number of benzene rings is 2. The van der Waals surface area contributed by atoms with Crippen LogP contribution in [0.3, 0.4) is 0 Å². The molecule has 0 amide bonds. The molecular formula is C16H18N4O. The van der Waals surface area contributed by atoms with Crippen LogP contribution in [0.15, 0.2) is 41.0 Å². The Morgan fingerprint density at radius 1 is 1.00 bits per heavy atom. The van der Waals surface area contributed by atoms with Crippen LogP contribution in [0.5, 0.6) is 0 Å². The van der Waals surface area contributed by atoms with Crippen LogP contribution >= 0.6 is 0 Å². The zero-order chi connectivity index (χ0) is 14.8. The zero-order valence-corrected chi connectivity index (χ0v) is 12.2. The lowest BCUT2D eigenvalue weighted by molar-refractivity contribution is 0.315. The Morgan fingerprint density at radius 2 is 1.67 bits per heavy atom. The van der Waals surface area contributed by atoms with Crippen molar-refractivity contribution in [3.63, 3.8) is 0 Å². The SMILES string of the molecule is CCc1ccc(CN(C)c2ccc(N)c3nonc23)cc1. The third kappa shape index (κ3) is 2.54. The minimum atomic E-state index is 0.579. The largest absolute Gasteiger partial charge is 0.397 e. The van der Waals surface area contributed by atoms with Crippen molar-refractivity contribution in [2.45, 2.75) is 19.9 Å². The second-order valence-electron chi connectivity index (χ2n) is 5.16. The molecule has 0 fully saturated rings. The Balaban J connectivity index is 1.88. The van der Waals surface area contributed by atoms with Gasteiger partial charge in [0.15, 0.2) is 11.0 Å². The van der Waals surface area contributed by atoms with Crippen LogP contribution in [-0.2, 0) is 13.0 Å². The van der Waals surface area contributed by atoms with Gasteiger partial charge < -0.3 is 10.6 Å². The topological polar surface area (TPSA) is 68.2 Å². The van der Waals surface area contributed by atoms with Gasteiger partial charge in [0.25, 0.3) is 0 Å². The first-order valence-electron chi connectivity index (χ1n) is 6.98. The maximum absolute atomic E-state index is 5.87. The summed E-state index contributed by atoms with van der Waals surface area (Å²) in [5.74, 6) is 0. The quantitative estimate of drug-likeness (QED) is 0.745. The summed E-state index contributed by atoms with van der Waals surface area (Å²) >= 11 is 0. The molecule has 1 heterocycles. The molecule has 1 aromatic heterocycles. The van der Waals surface area contributed by atoms with Crippen LogP contribution in [-0.4, -0.2) is 17.4 Å². The van der Waals surface area contributed by atoms with E-state index in [2.05, 4.69) is 46.4 Å². The van der Waals surface area contributed by atoms with Crippen molar-refractivity contribution in [1.82, 2.24) is 10.3 Å². The summed E-state index contributed by atoms with van der Waals surface area (Å²) in [6.45, 7) is 2.94. The van der Waals surface area contributed by atoms with Crippen LogP contribution in [0, 0.1) is 0 Å². The number of hydrogen-bond donors (Lipinski definition) is 1. The Labute approximate surface area is 123 Å². The van der Waals surface area contributed by atoms with E-state index in [1.54, 1.807) is 0 Å². The Hall–Kier alpha value is -2.56. The Morgan fingerprint density at radius 3 is 2.38 bits per heavy atom. The van der Waals surface area contributed by atoms with Crippen LogP contribution in [0.1, 0.15) is 18.1 Å². The molecule has 108 valence electrons. The van der Waals surface area contributed by atoms with Gasteiger partial charge in [0, 0.05) is 13.6 Å². The van der Waals surface area contributed by atoms with E-state index in [4.69, 9.17) is 10.4 Å². The molecule has 5 heteroatoms. The van der Waals surface area contributed by atoms with Crippen molar-refractivity contribution in [1.29, 1.82) is 0 Å². The minimum Gasteiger partial charge on any atom is -0.397 e. The molecular weight excluding hydrogens is 264 g/mol. The van der Waals surface area contributed by atoms with Crippen LogP contribution < -0.4 is 10.6 Å². The number of rotatable bonds is 4. The van der Waals surface area contributed by atoms with Gasteiger partial charge in [-0.25, -0.2) is 4.63 Å². The molecule has 0 saturated heterocycles. The van der Waals surface area contributed by atoms with E-state index in [9.17, 15) is 0 Å². The summed E-state index contributed by atoms with van der Waals surface area (Å²) in [6, 6.07) is 12.4. The fourth-order valence-electron chi connectivity index (χ4n) is 2.42. The highest BCUT2D eigenvalue weighted by molar-refractivity contribution is 5.95. The van der Waals surface area contributed by atoms with Gasteiger partial charge in [0.2, 0.25) is 0 Å². The van der Waals surface area contributed by atoms with Crippen molar-refractivity contribution in [2.24, 2.45) is 0 Å². The number of anilines is 2. The lowest BCUT2D eigenvalue weighted by atomic mass is 10.1. The molecule has 0 aliphatic carbocycles. The molecule has 3 aromatic rings. The standard InChI is InChI=1S/C16H18N4O/c1-3-11-4-6-12(7-5-11)10-20(2)14-9-8-13(17)15-16(14)19-21-18-15/h4-9H,3,10,17H2,1-2H3. The molecule has 2 aromatic carbocycles. The van der Waals surface area contributed by atoms with E-state index in [1.807, 2.05) is 19.2 Å². The summed E-state index contributed by atoms with van der Waals surface area (Å²) in [5, 5.41) is 7.82. The minimum absolute atomic E-state index is 0.579. The molecule has 5 nitrogen and oxygen atoms in total. The lowest BCUT2D eigenvalue weighted by Gasteiger charge is -2.19. The predicted octanol–water partition coefficient (Wildman–Crippen LogP) is 3.00. The van der Waals surface area contributed by atoms with E-state index < -0.39 is 0 Å². The third-order valence-electron chi connectivity index (χ3n) is 3.69. The number of hydrogen-bond acceptors (Lipinski definition) is 5. The first-order valence-corrected chi connectivity index (χ1v) is 6.98. The monoisotopic (exact) mass is 282 g/mol. The van der Waals surface area contributed by atoms with Gasteiger partial charge in [-0.3, -0.25) is 0 Å². The average molecular weight is 282 g/mol. The smallest absolute Gasteiger partial charge is 0.160 e. The van der Waals surface area contributed by atoms with Crippen molar-refractivity contribution in [3.05, 3.63) is 47.5 Å². The van der Waals surface area contributed by atoms with E-state index in [1.165, 1.54) is 11.1 Å². The molecule has 2 N–H and O–H groups in total. The van der Waals surface area contributed by atoms with E-state index in [0.717, 1.165) is 18.7 Å². The number of fused-ring (bicyclic) bond motifs is 1. The summed E-state index contributed by atoms with van der Waals surface area (Å²) < 4.78 is 4.81. The maximum Gasteiger partial charge on any atom is 0.160 e. The number of nitrogens with zero attached hydrogens (tertiary/aromatic N) is 3. The lowest BCUT2D eigenvalue weighted by Crippen LogP contribution is -2.16. The van der Waals surface area contributed by atoms with Gasteiger partial charge in [-0.2, -0.15) is 0 Å². The van der Waals surface area contributed by atoms with Gasteiger partial charge in [0.1, 0.15) is 0 Å². The fraction of sp³-hybridized carbons (Fsp3) is 0.250. The van der Waals surface area contributed by atoms with Crippen molar-refractivity contribution in [2.75, 3.05) is 17.7 Å². The van der Waals surface area contributed by atoms with Crippen molar-refractivity contribution in [3.8, 4) is 0 Å². The molecule has 3 rings (SSSR count). The first kappa shape index (κ1) is 13.4. The number of aryl methyl sites for hydroxylation is 1. The van der Waals surface area contributed by atoms with E-state index in [0.29, 0.717) is 16.7 Å². The van der Waals surface area contributed by atoms with Gasteiger partial charge in [0.05, 0.1) is 11.4 Å². The zero-order valence-electron chi connectivity index (χ0n) is 12.2. The van der Waals surface area contributed by atoms with E-state index >= 15 is 0 Å². The molecule has 21 heavy (non-hydrogen) atoms. The fourth-order valence-corrected chi connectivity index (χ4v) is 2.42. The van der Waals surface area contributed by atoms with Crippen LogP contribution in [0.4, 0.5) is 11.4 Å². The number of nitrogen functional groups attached to an aromatic ring is 1. The van der Waals surface area contributed by atoms with Gasteiger partial charge in [-0.05, 0) is 40.0 Å². The molecule has 0 aliphatic heterocycles. The second kappa shape index (κ2) is 5.44. The molecule has 0 radical (unpaired) electrons. The van der Waals surface area contributed by atoms with Gasteiger partial charge in [-0.1, -0.05) is 31.2 Å². The molecule has 0 atom stereocenters. The molecule has 0 aliphatic rings. The Kier molecular flexibility index (Phi) is 3.48. The highest BCUT2D eigenvalue weighted by atomic mass is 16.6. The normalized spacial score (nSPS) is 11.0. The molecule has 0 saturated carbocycles. The van der Waals surface area contributed by atoms with Crippen LogP contribution in [0.2, 0.25) is 0 Å². The maximum atomic E-state index is 5.87. The Bertz CT molecular complexity index is 749. The third-order valence-corrected chi connectivity index (χ3v) is 3.69. The summed E-state index contributed by atoms with van der Waals surface area (Å²) in [5.41, 5.74) is 11.3. The molecule has 0 unspecified atom stereocenters. The summed E-state index contributed by atoms with van der Waals surface area (Å²) in [6.07, 6.45) is 1.05.